The van der Waals surface area contributed by atoms with Crippen LogP contribution in [0.4, 0.5) is 5.69 Å². The van der Waals surface area contributed by atoms with Crippen LogP contribution in [0.2, 0.25) is 0 Å². The molecule has 2 aromatic carbocycles. The van der Waals surface area contributed by atoms with Crippen LogP contribution in [-0.2, 0) is 28.7 Å². The Labute approximate surface area is 303 Å². The minimum Gasteiger partial charge on any atom is -0.455 e. The van der Waals surface area contributed by atoms with Crippen LogP contribution in [0.3, 0.4) is 0 Å². The molecule has 5 rings (SSSR count). The Balaban J connectivity index is 1.55. The van der Waals surface area contributed by atoms with E-state index in [0.717, 1.165) is 16.8 Å². The lowest BCUT2D eigenvalue weighted by molar-refractivity contribution is -0.162. The number of aliphatic hydroxyl groups is 1. The summed E-state index contributed by atoms with van der Waals surface area (Å²) < 4.78 is 13.0. The van der Waals surface area contributed by atoms with Crippen molar-refractivity contribution < 1.29 is 33.8 Å². The van der Waals surface area contributed by atoms with E-state index in [1.165, 1.54) is 4.90 Å². The number of carbonyl (C=O) groups is 4. The van der Waals surface area contributed by atoms with Crippen molar-refractivity contribution >= 4 is 45.3 Å². The third-order valence-electron chi connectivity index (χ3n) is 10.4. The van der Waals surface area contributed by atoms with Crippen molar-refractivity contribution in [3.05, 3.63) is 90.5 Å². The van der Waals surface area contributed by atoms with Crippen molar-refractivity contribution in [2.75, 3.05) is 18.1 Å². The number of likely N-dealkylation sites (tertiary alicyclic amines) is 1. The number of fused-ring (bicyclic) bond motifs is 1. The predicted molar refractivity (Wildman–Crippen MR) is 194 cm³/mol. The number of benzene rings is 2. The number of amides is 3. The number of hydrogen-bond donors (Lipinski definition) is 2. The van der Waals surface area contributed by atoms with Crippen LogP contribution in [0.25, 0.3) is 0 Å². The van der Waals surface area contributed by atoms with Crippen LogP contribution < -0.4 is 10.2 Å². The van der Waals surface area contributed by atoms with Gasteiger partial charge in [-0.05, 0) is 56.7 Å². The van der Waals surface area contributed by atoms with Gasteiger partial charge in [-0.2, -0.15) is 0 Å². The van der Waals surface area contributed by atoms with Gasteiger partial charge in [-0.1, -0.05) is 83.5 Å². The molecule has 1 unspecified atom stereocenters. The molecule has 3 fully saturated rings. The quantitative estimate of drug-likeness (QED) is 0.148. The summed E-state index contributed by atoms with van der Waals surface area (Å²) in [6.07, 6.45) is 3.14. The highest BCUT2D eigenvalue weighted by atomic mass is 79.9. The van der Waals surface area contributed by atoms with E-state index in [2.05, 4.69) is 34.4 Å². The van der Waals surface area contributed by atoms with E-state index in [0.29, 0.717) is 24.8 Å². The van der Waals surface area contributed by atoms with E-state index >= 15 is 4.79 Å². The van der Waals surface area contributed by atoms with E-state index in [-0.39, 0.29) is 36.2 Å². The number of esters is 1. The molecule has 3 saturated heterocycles. The molecule has 3 amide bonds. The monoisotopic (exact) mass is 749 g/mol. The molecule has 0 aliphatic carbocycles. The molecule has 9 atom stereocenters. The minimum absolute atomic E-state index is 0.182. The predicted octanol–water partition coefficient (Wildman–Crippen LogP) is 5.10. The van der Waals surface area contributed by atoms with Gasteiger partial charge in [0.05, 0.1) is 36.6 Å². The molecule has 3 aliphatic rings. The number of anilines is 1. The topological polar surface area (TPSA) is 125 Å². The van der Waals surface area contributed by atoms with E-state index in [1.54, 1.807) is 24.0 Å². The van der Waals surface area contributed by atoms with Gasteiger partial charge in [-0.3, -0.25) is 19.2 Å². The van der Waals surface area contributed by atoms with Crippen LogP contribution in [-0.4, -0.2) is 81.5 Å². The normalized spacial score (nSPS) is 26.9. The summed E-state index contributed by atoms with van der Waals surface area (Å²) in [5.41, 5.74) is 1.80. The lowest BCUT2D eigenvalue weighted by Crippen LogP contribution is -2.59. The lowest BCUT2D eigenvalue weighted by atomic mass is 9.70. The first-order valence-electron chi connectivity index (χ1n) is 17.3. The summed E-state index contributed by atoms with van der Waals surface area (Å²) in [6.45, 7) is 14.9. The van der Waals surface area contributed by atoms with E-state index < -0.39 is 59.6 Å². The largest absolute Gasteiger partial charge is 0.455 e. The summed E-state index contributed by atoms with van der Waals surface area (Å²) >= 11 is 3.74. The van der Waals surface area contributed by atoms with Crippen LogP contribution >= 0.6 is 15.9 Å². The SMILES string of the molecule is C=CCCC(=O)N[C@@H](C)[C@H](OC(=O)[C@H]1[C@@H]2O[C@@]3(CC2Br)[C@@H]1C(=O)N([C@@H](CC)CO)[C@@H]3C(=O)N(CC=C)c1c(C)cccc1C)c1ccccc1. The number of nitrogens with zero attached hydrogens (tertiary/aromatic N) is 2. The van der Waals surface area contributed by atoms with Crippen LogP contribution in [0.5, 0.6) is 0 Å². The molecule has 2 N–H and O–H groups in total. The number of alkyl halides is 1. The number of rotatable bonds is 15. The smallest absolute Gasteiger partial charge is 0.313 e. The van der Waals surface area contributed by atoms with Gasteiger partial charge < -0.3 is 29.7 Å². The summed E-state index contributed by atoms with van der Waals surface area (Å²) in [5.74, 6) is -3.71. The molecule has 1 spiro atoms. The fraction of sp³-hybridized carbons (Fsp3) is 0.487. The van der Waals surface area contributed by atoms with Gasteiger partial charge in [0, 0.05) is 23.5 Å². The van der Waals surface area contributed by atoms with Crippen molar-refractivity contribution in [2.24, 2.45) is 11.8 Å². The number of allylic oxidation sites excluding steroid dienone is 1. The Hall–Kier alpha value is -3.80. The van der Waals surface area contributed by atoms with E-state index in [9.17, 15) is 19.5 Å². The maximum Gasteiger partial charge on any atom is 0.313 e. The fourth-order valence-corrected chi connectivity index (χ4v) is 9.11. The second-order valence-corrected chi connectivity index (χ2v) is 14.8. The molecule has 0 saturated carbocycles. The van der Waals surface area contributed by atoms with Gasteiger partial charge in [0.2, 0.25) is 11.8 Å². The Kier molecular flexibility index (Phi) is 11.7. The number of ether oxygens (including phenoxy) is 2. The molecule has 2 bridgehead atoms. The maximum atomic E-state index is 15.0. The number of para-hydroxylation sites is 1. The fourth-order valence-electron chi connectivity index (χ4n) is 8.16. The average Bonchev–Trinajstić information content (AvgIpc) is 3.69. The number of carbonyl (C=O) groups excluding carboxylic acids is 4. The summed E-state index contributed by atoms with van der Waals surface area (Å²) in [6, 6.07) is 12.5. The van der Waals surface area contributed by atoms with Crippen LogP contribution in [0.1, 0.15) is 62.3 Å². The Morgan fingerprint density at radius 3 is 2.42 bits per heavy atom. The molecular weight excluding hydrogens is 702 g/mol. The molecular formula is C39H48BrN3O7. The standard InChI is InChI=1S/C39H48BrN3O7/c1-7-10-19-29(45)41-25(6)33(26-17-12-11-13-18-26)49-38(48)30-31-36(46)43(27(9-3)22-44)35(39(31)21-28(40)34(30)50-39)37(47)42(20-8-2)32-23(4)15-14-16-24(32)5/h7-8,11-18,25,27-28,30-31,33-35,44H,1-2,9-10,19-22H2,3-6H3,(H,41,45)/t25-,27-,28?,30+,31-,33-,34+,35+,39-/m0/s1. The number of aliphatic hydroxyl groups excluding tert-OH is 1. The molecule has 10 nitrogen and oxygen atoms in total. The molecule has 3 aliphatic heterocycles. The van der Waals surface area contributed by atoms with Gasteiger partial charge >= 0.3 is 5.97 Å². The number of halogens is 1. The first-order valence-corrected chi connectivity index (χ1v) is 18.3. The van der Waals surface area contributed by atoms with E-state index in [4.69, 9.17) is 9.47 Å². The highest BCUT2D eigenvalue weighted by Crippen LogP contribution is 2.61. The Morgan fingerprint density at radius 2 is 1.82 bits per heavy atom. The number of nitrogens with one attached hydrogen (secondary N) is 1. The molecule has 0 aromatic heterocycles. The first kappa shape index (κ1) is 37.5. The Bertz CT molecular complexity index is 1590. The lowest BCUT2D eigenvalue weighted by Gasteiger charge is -2.39. The first-order chi connectivity index (χ1) is 23.9. The summed E-state index contributed by atoms with van der Waals surface area (Å²) in [5, 5.41) is 13.5. The second-order valence-electron chi connectivity index (χ2n) is 13.6. The minimum atomic E-state index is -1.36. The number of hydrogen-bond acceptors (Lipinski definition) is 7. The van der Waals surface area contributed by atoms with Crippen LogP contribution in [0.15, 0.2) is 73.8 Å². The van der Waals surface area contributed by atoms with Crippen molar-refractivity contribution in [3.8, 4) is 0 Å². The third kappa shape index (κ3) is 6.67. The van der Waals surface area contributed by atoms with Gasteiger partial charge in [0.15, 0.2) is 0 Å². The van der Waals surface area contributed by atoms with Crippen molar-refractivity contribution in [2.45, 2.75) is 94.1 Å². The zero-order valence-electron chi connectivity index (χ0n) is 29.2. The summed E-state index contributed by atoms with van der Waals surface area (Å²) in [7, 11) is 0. The van der Waals surface area contributed by atoms with Crippen molar-refractivity contribution in [3.63, 3.8) is 0 Å². The molecule has 2 aromatic rings. The molecule has 0 radical (unpaired) electrons. The molecule has 50 heavy (non-hydrogen) atoms. The zero-order chi connectivity index (χ0) is 36.3. The summed E-state index contributed by atoms with van der Waals surface area (Å²) in [4.78, 5) is 59.6. The van der Waals surface area contributed by atoms with Gasteiger partial charge in [-0.15, -0.1) is 13.2 Å². The van der Waals surface area contributed by atoms with Gasteiger partial charge in [-0.25, -0.2) is 0 Å². The third-order valence-corrected chi connectivity index (χ3v) is 11.2. The maximum absolute atomic E-state index is 15.0. The average molecular weight is 751 g/mol. The van der Waals surface area contributed by atoms with Gasteiger partial charge in [0.1, 0.15) is 17.7 Å². The van der Waals surface area contributed by atoms with E-state index in [1.807, 2.05) is 69.3 Å². The highest BCUT2D eigenvalue weighted by molar-refractivity contribution is 9.09. The molecule has 268 valence electrons. The number of aryl methyl sites for hydroxylation is 2. The highest BCUT2D eigenvalue weighted by Gasteiger charge is 2.77. The Morgan fingerprint density at radius 1 is 1.14 bits per heavy atom. The molecule has 11 heteroatoms. The van der Waals surface area contributed by atoms with Crippen LogP contribution in [0, 0.1) is 25.7 Å². The van der Waals surface area contributed by atoms with Crippen molar-refractivity contribution in [1.29, 1.82) is 0 Å². The van der Waals surface area contributed by atoms with Crippen molar-refractivity contribution in [1.82, 2.24) is 10.2 Å². The zero-order valence-corrected chi connectivity index (χ0v) is 30.8. The second kappa shape index (κ2) is 15.6. The van der Waals surface area contributed by atoms with Gasteiger partial charge in [0.25, 0.3) is 5.91 Å². The molecule has 3 heterocycles.